The molecule has 0 bridgehead atoms. The van der Waals surface area contributed by atoms with Crippen LogP contribution in [0, 0.1) is 6.92 Å². The van der Waals surface area contributed by atoms with E-state index in [1.807, 2.05) is 73.7 Å². The number of hydrogen-bond donors (Lipinski definition) is 1. The summed E-state index contributed by atoms with van der Waals surface area (Å²) in [5, 5.41) is 5.40. The zero-order valence-corrected chi connectivity index (χ0v) is 18.1. The molecule has 0 saturated carbocycles. The van der Waals surface area contributed by atoms with E-state index in [0.717, 1.165) is 16.3 Å². The first-order valence-electron chi connectivity index (χ1n) is 9.89. The Bertz CT molecular complexity index is 1240. The third kappa shape index (κ3) is 4.81. The molecule has 0 saturated heterocycles. The van der Waals surface area contributed by atoms with E-state index < -0.39 is 0 Å². The molecule has 0 aliphatic carbocycles. The fourth-order valence-electron chi connectivity index (χ4n) is 3.30. The third-order valence-electron chi connectivity index (χ3n) is 5.00. The van der Waals surface area contributed by atoms with E-state index in [1.54, 1.807) is 12.1 Å². The van der Waals surface area contributed by atoms with Crippen molar-refractivity contribution in [2.24, 2.45) is 0 Å². The van der Waals surface area contributed by atoms with Crippen molar-refractivity contribution < 1.29 is 14.3 Å². The van der Waals surface area contributed by atoms with E-state index >= 15 is 0 Å². The van der Waals surface area contributed by atoms with Gasteiger partial charge in [0.15, 0.2) is 11.5 Å². The molecule has 4 rings (SSSR count). The number of rotatable bonds is 6. The maximum absolute atomic E-state index is 12.8. The second-order valence-corrected chi connectivity index (χ2v) is 7.69. The molecule has 1 amide bonds. The summed E-state index contributed by atoms with van der Waals surface area (Å²) < 4.78 is 11.3. The number of nitrogens with one attached hydrogen (secondary N) is 1. The number of fused-ring (bicyclic) bond motifs is 1. The monoisotopic (exact) mass is 431 g/mol. The molecule has 0 spiro atoms. The van der Waals surface area contributed by atoms with E-state index in [9.17, 15) is 4.79 Å². The highest BCUT2D eigenvalue weighted by molar-refractivity contribution is 6.32. The molecular weight excluding hydrogens is 410 g/mol. The average molecular weight is 432 g/mol. The van der Waals surface area contributed by atoms with Gasteiger partial charge in [0.2, 0.25) is 0 Å². The number of ether oxygens (including phenoxy) is 2. The van der Waals surface area contributed by atoms with Crippen LogP contribution >= 0.6 is 11.6 Å². The van der Waals surface area contributed by atoms with E-state index in [4.69, 9.17) is 21.1 Å². The maximum Gasteiger partial charge on any atom is 0.255 e. The standard InChI is InChI=1S/C26H22ClNO3/c1-17-7-9-18(10-8-17)16-31-25-23(27)14-21(15-24(25)30-2)26(29)28-22-12-11-19-5-3-4-6-20(19)13-22/h3-15H,16H2,1-2H3,(H,28,29). The van der Waals surface area contributed by atoms with Gasteiger partial charge in [-0.25, -0.2) is 0 Å². The number of amides is 1. The van der Waals surface area contributed by atoms with E-state index in [2.05, 4.69) is 5.32 Å². The smallest absolute Gasteiger partial charge is 0.255 e. The molecule has 0 radical (unpaired) electrons. The van der Waals surface area contributed by atoms with Crippen molar-refractivity contribution in [1.29, 1.82) is 0 Å². The summed E-state index contributed by atoms with van der Waals surface area (Å²) >= 11 is 6.44. The van der Waals surface area contributed by atoms with Crippen molar-refractivity contribution in [3.8, 4) is 11.5 Å². The van der Waals surface area contributed by atoms with Crippen LogP contribution in [0.3, 0.4) is 0 Å². The highest BCUT2D eigenvalue weighted by atomic mass is 35.5. The van der Waals surface area contributed by atoms with Crippen LogP contribution in [0.5, 0.6) is 11.5 Å². The van der Waals surface area contributed by atoms with Crippen molar-refractivity contribution in [2.75, 3.05) is 12.4 Å². The first kappa shape index (κ1) is 20.8. The van der Waals surface area contributed by atoms with Crippen LogP contribution in [0.2, 0.25) is 5.02 Å². The van der Waals surface area contributed by atoms with Crippen LogP contribution in [-0.2, 0) is 6.61 Å². The molecule has 1 N–H and O–H groups in total. The molecule has 0 fully saturated rings. The minimum atomic E-state index is -0.277. The Morgan fingerprint density at radius 1 is 0.935 bits per heavy atom. The topological polar surface area (TPSA) is 47.6 Å². The predicted octanol–water partition coefficient (Wildman–Crippen LogP) is 6.64. The van der Waals surface area contributed by atoms with Crippen LogP contribution in [-0.4, -0.2) is 13.0 Å². The molecule has 0 aromatic heterocycles. The third-order valence-corrected chi connectivity index (χ3v) is 5.28. The highest BCUT2D eigenvalue weighted by Gasteiger charge is 2.16. The van der Waals surface area contributed by atoms with Gasteiger partial charge in [-0.15, -0.1) is 0 Å². The Hall–Kier alpha value is -3.50. The molecule has 0 aliphatic rings. The van der Waals surface area contributed by atoms with Crippen LogP contribution in [0.1, 0.15) is 21.5 Å². The molecule has 0 aliphatic heterocycles. The number of aryl methyl sites for hydroxylation is 1. The van der Waals surface area contributed by atoms with Gasteiger partial charge in [-0.3, -0.25) is 4.79 Å². The quantitative estimate of drug-likeness (QED) is 0.372. The second-order valence-electron chi connectivity index (χ2n) is 7.28. The van der Waals surface area contributed by atoms with E-state index in [-0.39, 0.29) is 5.91 Å². The molecule has 0 atom stereocenters. The van der Waals surface area contributed by atoms with Gasteiger partial charge in [0, 0.05) is 11.3 Å². The first-order chi connectivity index (χ1) is 15.0. The van der Waals surface area contributed by atoms with Crippen molar-refractivity contribution in [1.82, 2.24) is 0 Å². The van der Waals surface area contributed by atoms with E-state index in [1.165, 1.54) is 12.7 Å². The number of carbonyl (C=O) groups is 1. The number of hydrogen-bond acceptors (Lipinski definition) is 3. The number of carbonyl (C=O) groups excluding carboxylic acids is 1. The van der Waals surface area contributed by atoms with E-state index in [0.29, 0.717) is 34.4 Å². The zero-order chi connectivity index (χ0) is 21.8. The SMILES string of the molecule is COc1cc(C(=O)Nc2ccc3ccccc3c2)cc(Cl)c1OCc1ccc(C)cc1. The summed E-state index contributed by atoms with van der Waals surface area (Å²) in [6, 6.07) is 25.0. The van der Waals surface area contributed by atoms with Crippen molar-refractivity contribution in [3.63, 3.8) is 0 Å². The van der Waals surface area contributed by atoms with Crippen molar-refractivity contribution in [3.05, 3.63) is 101 Å². The molecule has 0 unspecified atom stereocenters. The lowest BCUT2D eigenvalue weighted by Gasteiger charge is -2.14. The normalized spacial score (nSPS) is 10.7. The Morgan fingerprint density at radius 2 is 1.68 bits per heavy atom. The van der Waals surface area contributed by atoms with Crippen molar-refractivity contribution in [2.45, 2.75) is 13.5 Å². The van der Waals surface area contributed by atoms with Gasteiger partial charge in [0.05, 0.1) is 12.1 Å². The molecule has 4 aromatic carbocycles. The van der Waals surface area contributed by atoms with Gasteiger partial charge in [0.25, 0.3) is 5.91 Å². The number of halogens is 1. The Labute approximate surface area is 186 Å². The summed E-state index contributed by atoms with van der Waals surface area (Å²) in [6.07, 6.45) is 0. The molecule has 4 nitrogen and oxygen atoms in total. The van der Waals surface area contributed by atoms with Crippen LogP contribution in [0.15, 0.2) is 78.9 Å². The van der Waals surface area contributed by atoms with Crippen LogP contribution in [0.25, 0.3) is 10.8 Å². The summed E-state index contributed by atoms with van der Waals surface area (Å²) in [7, 11) is 1.52. The molecule has 5 heteroatoms. The van der Waals surface area contributed by atoms with Crippen LogP contribution in [0.4, 0.5) is 5.69 Å². The first-order valence-corrected chi connectivity index (χ1v) is 10.3. The summed E-state index contributed by atoms with van der Waals surface area (Å²) in [4.78, 5) is 12.8. The van der Waals surface area contributed by atoms with Gasteiger partial charge in [-0.2, -0.15) is 0 Å². The highest BCUT2D eigenvalue weighted by Crippen LogP contribution is 2.37. The Kier molecular flexibility index (Phi) is 6.10. The summed E-state index contributed by atoms with van der Waals surface area (Å²) in [6.45, 7) is 2.38. The second kappa shape index (κ2) is 9.11. The largest absolute Gasteiger partial charge is 0.493 e. The fraction of sp³-hybridized carbons (Fsp3) is 0.115. The molecule has 0 heterocycles. The lowest BCUT2D eigenvalue weighted by molar-refractivity contribution is 0.102. The predicted molar refractivity (Wildman–Crippen MR) is 125 cm³/mol. The number of anilines is 1. The minimum Gasteiger partial charge on any atom is -0.493 e. The summed E-state index contributed by atoms with van der Waals surface area (Å²) in [5.41, 5.74) is 3.29. The van der Waals surface area contributed by atoms with Gasteiger partial charge in [-0.1, -0.05) is 71.8 Å². The molecular formula is C26H22ClNO3. The minimum absolute atomic E-state index is 0.277. The van der Waals surface area contributed by atoms with Crippen LogP contribution < -0.4 is 14.8 Å². The summed E-state index contributed by atoms with van der Waals surface area (Å²) in [5.74, 6) is 0.538. The zero-order valence-electron chi connectivity index (χ0n) is 17.3. The lowest BCUT2D eigenvalue weighted by atomic mass is 10.1. The van der Waals surface area contributed by atoms with Gasteiger partial charge in [-0.05, 0) is 47.5 Å². The molecule has 4 aromatic rings. The fourth-order valence-corrected chi connectivity index (χ4v) is 3.57. The maximum atomic E-state index is 12.8. The van der Waals surface area contributed by atoms with Gasteiger partial charge < -0.3 is 14.8 Å². The van der Waals surface area contributed by atoms with Gasteiger partial charge >= 0.3 is 0 Å². The molecule has 156 valence electrons. The average Bonchev–Trinajstić information content (AvgIpc) is 2.78. The molecule has 31 heavy (non-hydrogen) atoms. The number of benzene rings is 4. The van der Waals surface area contributed by atoms with Gasteiger partial charge in [0.1, 0.15) is 6.61 Å². The lowest BCUT2D eigenvalue weighted by Crippen LogP contribution is -2.12. The van der Waals surface area contributed by atoms with Crippen molar-refractivity contribution >= 4 is 34.0 Å². The Balaban J connectivity index is 1.53. The Morgan fingerprint density at radius 3 is 2.42 bits per heavy atom. The number of methoxy groups -OCH3 is 1.